The van der Waals surface area contributed by atoms with E-state index in [1.54, 1.807) is 6.20 Å². The molecule has 0 bridgehead atoms. The van der Waals surface area contributed by atoms with Crippen molar-refractivity contribution in [2.75, 3.05) is 0 Å². The minimum absolute atomic E-state index is 0.392. The fraction of sp³-hybridized carbons (Fsp3) is 0.467. The van der Waals surface area contributed by atoms with Crippen molar-refractivity contribution in [3.63, 3.8) is 0 Å². The monoisotopic (exact) mass is 259 g/mol. The second-order valence-corrected chi connectivity index (χ2v) is 5.02. The zero-order valence-corrected chi connectivity index (χ0v) is 11.7. The lowest BCUT2D eigenvalue weighted by molar-refractivity contribution is 0.172. The molecule has 2 aromatic heterocycles. The number of hydrogen-bond acceptors (Lipinski definition) is 3. The number of nitrogens with zero attached hydrogens (tertiary/aromatic N) is 3. The molecule has 0 amide bonds. The summed E-state index contributed by atoms with van der Waals surface area (Å²) in [5.74, 6) is 0. The Hall–Kier alpha value is -1.68. The Morgan fingerprint density at radius 2 is 2.16 bits per heavy atom. The summed E-state index contributed by atoms with van der Waals surface area (Å²) in [6, 6.07) is 6.19. The molecule has 0 aliphatic heterocycles. The fourth-order valence-corrected chi connectivity index (χ4v) is 1.96. The van der Waals surface area contributed by atoms with Crippen LogP contribution in [0, 0.1) is 6.92 Å². The first-order valence-electron chi connectivity index (χ1n) is 6.74. The topological polar surface area (TPSA) is 50.9 Å². The minimum Gasteiger partial charge on any atom is -0.386 e. The van der Waals surface area contributed by atoms with Crippen LogP contribution in [0.25, 0.3) is 0 Å². The predicted octanol–water partition coefficient (Wildman–Crippen LogP) is 2.83. The van der Waals surface area contributed by atoms with Crippen molar-refractivity contribution in [2.45, 2.75) is 45.8 Å². The zero-order valence-electron chi connectivity index (χ0n) is 11.7. The maximum atomic E-state index is 10.2. The van der Waals surface area contributed by atoms with Gasteiger partial charge in [-0.25, -0.2) is 0 Å². The maximum absolute atomic E-state index is 10.2. The average molecular weight is 259 g/mol. The second kappa shape index (κ2) is 5.97. The van der Waals surface area contributed by atoms with Crippen LogP contribution < -0.4 is 0 Å². The summed E-state index contributed by atoms with van der Waals surface area (Å²) in [6.45, 7) is 6.27. The van der Waals surface area contributed by atoms with Crippen molar-refractivity contribution in [3.8, 4) is 0 Å². The van der Waals surface area contributed by atoms with Crippen LogP contribution in [0.2, 0.25) is 0 Å². The van der Waals surface area contributed by atoms with Crippen molar-refractivity contribution in [1.29, 1.82) is 0 Å². The third-order valence-corrected chi connectivity index (χ3v) is 3.39. The molecule has 102 valence electrons. The van der Waals surface area contributed by atoms with E-state index in [1.165, 1.54) is 0 Å². The summed E-state index contributed by atoms with van der Waals surface area (Å²) >= 11 is 0. The maximum Gasteiger partial charge on any atom is 0.102 e. The van der Waals surface area contributed by atoms with E-state index < -0.39 is 6.10 Å². The molecule has 2 aromatic rings. The number of aliphatic hydroxyl groups is 1. The van der Waals surface area contributed by atoms with E-state index in [1.807, 2.05) is 36.0 Å². The van der Waals surface area contributed by atoms with Gasteiger partial charge in [-0.1, -0.05) is 6.92 Å². The van der Waals surface area contributed by atoms with Gasteiger partial charge in [-0.2, -0.15) is 5.10 Å². The van der Waals surface area contributed by atoms with Crippen LogP contribution >= 0.6 is 0 Å². The molecule has 0 saturated carbocycles. The van der Waals surface area contributed by atoms with Gasteiger partial charge in [0.2, 0.25) is 0 Å². The zero-order chi connectivity index (χ0) is 13.8. The average Bonchev–Trinajstić information content (AvgIpc) is 2.86. The van der Waals surface area contributed by atoms with Crippen molar-refractivity contribution >= 4 is 0 Å². The second-order valence-electron chi connectivity index (χ2n) is 5.02. The van der Waals surface area contributed by atoms with Crippen LogP contribution in [0.5, 0.6) is 0 Å². The summed E-state index contributed by atoms with van der Waals surface area (Å²) in [6.07, 6.45) is 4.65. The Morgan fingerprint density at radius 1 is 1.37 bits per heavy atom. The Labute approximate surface area is 114 Å². The summed E-state index contributed by atoms with van der Waals surface area (Å²) in [7, 11) is 0. The fourth-order valence-electron chi connectivity index (χ4n) is 1.96. The quantitative estimate of drug-likeness (QED) is 0.898. The Balaban J connectivity index is 2.06. The normalized spacial score (nSPS) is 14.3. The van der Waals surface area contributed by atoms with Gasteiger partial charge in [0.25, 0.3) is 0 Å². The van der Waals surface area contributed by atoms with Gasteiger partial charge >= 0.3 is 0 Å². The lowest BCUT2D eigenvalue weighted by Crippen LogP contribution is -2.08. The van der Waals surface area contributed by atoms with Crippen LogP contribution in [0.1, 0.15) is 49.4 Å². The molecule has 0 aromatic carbocycles. The SMILES string of the molecule is CCC(C)n1ccc(CC(O)c2cc(C)ccn2)n1. The molecule has 4 nitrogen and oxygen atoms in total. The van der Waals surface area contributed by atoms with E-state index in [9.17, 15) is 5.11 Å². The Bertz CT molecular complexity index is 536. The standard InChI is InChI=1S/C15H21N3O/c1-4-12(3)18-8-6-13(17-18)10-15(19)14-9-11(2)5-7-16-14/h5-9,12,15,19H,4,10H2,1-3H3. The van der Waals surface area contributed by atoms with Crippen LogP contribution in [-0.4, -0.2) is 19.9 Å². The largest absolute Gasteiger partial charge is 0.386 e. The molecule has 0 spiro atoms. The first-order chi connectivity index (χ1) is 9.10. The first kappa shape index (κ1) is 13.7. The predicted molar refractivity (Wildman–Crippen MR) is 74.9 cm³/mol. The van der Waals surface area contributed by atoms with Gasteiger partial charge in [0, 0.05) is 24.9 Å². The van der Waals surface area contributed by atoms with E-state index in [4.69, 9.17) is 0 Å². The van der Waals surface area contributed by atoms with E-state index in [0.717, 1.165) is 17.7 Å². The lowest BCUT2D eigenvalue weighted by Gasteiger charge is -2.10. The van der Waals surface area contributed by atoms with Crippen molar-refractivity contribution in [1.82, 2.24) is 14.8 Å². The van der Waals surface area contributed by atoms with Crippen molar-refractivity contribution < 1.29 is 5.11 Å². The van der Waals surface area contributed by atoms with Crippen LogP contribution in [0.3, 0.4) is 0 Å². The van der Waals surface area contributed by atoms with Crippen LogP contribution in [0.4, 0.5) is 0 Å². The summed E-state index contributed by atoms with van der Waals surface area (Å²) in [4.78, 5) is 4.21. The van der Waals surface area contributed by atoms with Gasteiger partial charge < -0.3 is 5.11 Å². The van der Waals surface area contributed by atoms with Gasteiger partial charge in [-0.15, -0.1) is 0 Å². The molecule has 2 unspecified atom stereocenters. The molecule has 0 aliphatic rings. The molecular weight excluding hydrogens is 238 g/mol. The van der Waals surface area contributed by atoms with E-state index in [2.05, 4.69) is 23.9 Å². The third kappa shape index (κ3) is 3.41. The Morgan fingerprint density at radius 3 is 2.84 bits per heavy atom. The highest BCUT2D eigenvalue weighted by molar-refractivity contribution is 5.17. The third-order valence-electron chi connectivity index (χ3n) is 3.39. The summed E-state index contributed by atoms with van der Waals surface area (Å²) in [5.41, 5.74) is 2.71. The van der Waals surface area contributed by atoms with Gasteiger partial charge in [0.15, 0.2) is 0 Å². The highest BCUT2D eigenvalue weighted by Crippen LogP contribution is 2.17. The first-order valence-corrected chi connectivity index (χ1v) is 6.74. The van der Waals surface area contributed by atoms with Crippen LogP contribution in [0.15, 0.2) is 30.6 Å². The molecule has 0 fully saturated rings. The molecule has 0 radical (unpaired) electrons. The number of aryl methyl sites for hydroxylation is 1. The molecule has 0 saturated heterocycles. The van der Waals surface area contributed by atoms with Gasteiger partial charge in [-0.05, 0) is 44.0 Å². The highest BCUT2D eigenvalue weighted by atomic mass is 16.3. The van der Waals surface area contributed by atoms with Crippen molar-refractivity contribution in [2.24, 2.45) is 0 Å². The molecule has 0 aliphatic carbocycles. The van der Waals surface area contributed by atoms with E-state index >= 15 is 0 Å². The van der Waals surface area contributed by atoms with Gasteiger partial charge in [0.1, 0.15) is 6.10 Å². The van der Waals surface area contributed by atoms with E-state index in [-0.39, 0.29) is 0 Å². The molecule has 2 heterocycles. The molecule has 19 heavy (non-hydrogen) atoms. The number of rotatable bonds is 5. The highest BCUT2D eigenvalue weighted by Gasteiger charge is 2.13. The number of aliphatic hydroxyl groups excluding tert-OH is 1. The molecule has 4 heteroatoms. The molecular formula is C15H21N3O. The van der Waals surface area contributed by atoms with E-state index in [0.29, 0.717) is 18.2 Å². The number of hydrogen-bond donors (Lipinski definition) is 1. The smallest absolute Gasteiger partial charge is 0.102 e. The molecule has 2 rings (SSSR count). The van der Waals surface area contributed by atoms with Crippen molar-refractivity contribution in [3.05, 3.63) is 47.5 Å². The molecule has 1 N–H and O–H groups in total. The lowest BCUT2D eigenvalue weighted by atomic mass is 10.1. The Kier molecular flexibility index (Phi) is 4.32. The number of pyridine rings is 1. The minimum atomic E-state index is -0.597. The summed E-state index contributed by atoms with van der Waals surface area (Å²) < 4.78 is 1.95. The van der Waals surface area contributed by atoms with Gasteiger partial charge in [0.05, 0.1) is 11.4 Å². The summed E-state index contributed by atoms with van der Waals surface area (Å²) in [5, 5.41) is 14.7. The van der Waals surface area contributed by atoms with Crippen LogP contribution in [-0.2, 0) is 6.42 Å². The molecule has 2 atom stereocenters. The number of aromatic nitrogens is 3. The van der Waals surface area contributed by atoms with Gasteiger partial charge in [-0.3, -0.25) is 9.67 Å².